The Morgan fingerprint density at radius 3 is 2.38 bits per heavy atom. The maximum Gasteiger partial charge on any atom is 0.0998 e. The number of benzene rings is 2. The van der Waals surface area contributed by atoms with Gasteiger partial charge in [0.15, 0.2) is 0 Å². The molecule has 26 heavy (non-hydrogen) atoms. The fourth-order valence-corrected chi connectivity index (χ4v) is 3.45. The number of halogens is 2. The van der Waals surface area contributed by atoms with Gasteiger partial charge in [0.2, 0.25) is 0 Å². The summed E-state index contributed by atoms with van der Waals surface area (Å²) < 4.78 is 3.02. The molecule has 2 nitrogen and oxygen atoms in total. The van der Waals surface area contributed by atoms with E-state index in [1.807, 2.05) is 55.5 Å². The normalized spacial score (nSPS) is 11.5. The highest BCUT2D eigenvalue weighted by Crippen LogP contribution is 2.29. The molecule has 0 atom stereocenters. The molecular weight excluding hydrogens is 408 g/mol. The second-order valence-corrected chi connectivity index (χ2v) is 7.56. The maximum absolute atomic E-state index is 9.61. The number of hydrogen-bond donors (Lipinski definition) is 0. The van der Waals surface area contributed by atoms with Gasteiger partial charge >= 0.3 is 0 Å². The Balaban J connectivity index is 2.08. The summed E-state index contributed by atoms with van der Waals surface area (Å²) in [7, 11) is 0. The van der Waals surface area contributed by atoms with Crippen molar-refractivity contribution in [2.45, 2.75) is 20.8 Å². The molecule has 1 aromatic heterocycles. The summed E-state index contributed by atoms with van der Waals surface area (Å²) >= 11 is 9.69. The summed E-state index contributed by atoms with van der Waals surface area (Å²) in [6.45, 7) is 6.15. The molecule has 0 saturated carbocycles. The third-order valence-electron chi connectivity index (χ3n) is 4.41. The Hall–Kier alpha value is -2.28. The number of nitrogens with zero attached hydrogens (tertiary/aromatic N) is 2. The third-order valence-corrected chi connectivity index (χ3v) is 5.65. The lowest BCUT2D eigenvalue weighted by molar-refractivity contribution is 0.964. The molecular formula is C22H18BrClN2. The van der Waals surface area contributed by atoms with Crippen LogP contribution >= 0.6 is 27.5 Å². The van der Waals surface area contributed by atoms with Crippen LogP contribution in [0.4, 0.5) is 0 Å². The van der Waals surface area contributed by atoms with Gasteiger partial charge in [-0.1, -0.05) is 41.4 Å². The molecule has 0 saturated heterocycles. The van der Waals surface area contributed by atoms with Crippen molar-refractivity contribution in [3.63, 3.8) is 0 Å². The Bertz CT molecular complexity index is 1040. The lowest BCUT2D eigenvalue weighted by atomic mass is 10.0. The highest BCUT2D eigenvalue weighted by molar-refractivity contribution is 9.10. The van der Waals surface area contributed by atoms with Gasteiger partial charge in [0, 0.05) is 21.5 Å². The first-order valence-electron chi connectivity index (χ1n) is 8.24. The molecule has 0 N–H and O–H groups in total. The molecule has 0 fully saturated rings. The number of aromatic nitrogens is 1. The van der Waals surface area contributed by atoms with E-state index in [1.54, 1.807) is 0 Å². The van der Waals surface area contributed by atoms with E-state index in [4.69, 9.17) is 11.6 Å². The SMILES string of the molecule is Cc1ccc(/C(C#N)=C\c2cc(C)n(-c3ccc(Br)c(Cl)c3)c2C)cc1. The van der Waals surface area contributed by atoms with Gasteiger partial charge in [0.05, 0.1) is 16.7 Å². The van der Waals surface area contributed by atoms with Crippen LogP contribution in [0, 0.1) is 32.1 Å². The summed E-state index contributed by atoms with van der Waals surface area (Å²) in [5, 5.41) is 10.3. The van der Waals surface area contributed by atoms with E-state index in [0.717, 1.165) is 32.7 Å². The Morgan fingerprint density at radius 1 is 1.08 bits per heavy atom. The molecule has 3 aromatic rings. The third kappa shape index (κ3) is 3.62. The van der Waals surface area contributed by atoms with Crippen LogP contribution in [-0.4, -0.2) is 4.57 Å². The molecule has 0 bridgehead atoms. The highest BCUT2D eigenvalue weighted by Gasteiger charge is 2.12. The standard InChI is InChI=1S/C22H18BrClN2/c1-14-4-6-17(7-5-14)19(13-25)11-18-10-15(2)26(16(18)3)20-8-9-21(23)22(24)12-20/h4-12H,1-3H3/b19-11-. The number of aryl methyl sites for hydroxylation is 2. The molecule has 0 radical (unpaired) electrons. The van der Waals surface area contributed by atoms with E-state index >= 15 is 0 Å². The van der Waals surface area contributed by atoms with Crippen LogP contribution in [0.5, 0.6) is 0 Å². The van der Waals surface area contributed by atoms with Crippen molar-refractivity contribution in [1.82, 2.24) is 4.57 Å². The second-order valence-electron chi connectivity index (χ2n) is 6.30. The molecule has 3 rings (SSSR count). The van der Waals surface area contributed by atoms with Crippen LogP contribution in [0.25, 0.3) is 17.3 Å². The van der Waals surface area contributed by atoms with Crippen LogP contribution in [0.2, 0.25) is 5.02 Å². The van der Waals surface area contributed by atoms with Crippen molar-refractivity contribution in [2.75, 3.05) is 0 Å². The van der Waals surface area contributed by atoms with Gasteiger partial charge < -0.3 is 4.57 Å². The summed E-state index contributed by atoms with van der Waals surface area (Å²) in [4.78, 5) is 0. The number of rotatable bonds is 3. The molecule has 0 spiro atoms. The molecule has 2 aromatic carbocycles. The smallest absolute Gasteiger partial charge is 0.0998 e. The summed E-state index contributed by atoms with van der Waals surface area (Å²) in [5.41, 5.74) is 6.94. The van der Waals surface area contributed by atoms with E-state index in [2.05, 4.69) is 46.5 Å². The van der Waals surface area contributed by atoms with Gasteiger partial charge in [-0.25, -0.2) is 0 Å². The summed E-state index contributed by atoms with van der Waals surface area (Å²) in [5.74, 6) is 0. The second kappa shape index (κ2) is 7.53. The predicted octanol–water partition coefficient (Wildman–Crippen LogP) is 6.88. The van der Waals surface area contributed by atoms with Gasteiger partial charge in [-0.15, -0.1) is 0 Å². The highest BCUT2D eigenvalue weighted by atomic mass is 79.9. The van der Waals surface area contributed by atoms with Crippen molar-refractivity contribution in [2.24, 2.45) is 0 Å². The molecule has 0 unspecified atom stereocenters. The molecule has 0 amide bonds. The van der Waals surface area contributed by atoms with Gasteiger partial charge in [0.1, 0.15) is 0 Å². The Morgan fingerprint density at radius 2 is 1.77 bits per heavy atom. The quantitative estimate of drug-likeness (QED) is 0.420. The molecule has 130 valence electrons. The topological polar surface area (TPSA) is 28.7 Å². The minimum absolute atomic E-state index is 0.652. The van der Waals surface area contributed by atoms with Gasteiger partial charge in [-0.2, -0.15) is 5.26 Å². The minimum Gasteiger partial charge on any atom is -0.318 e. The zero-order valence-electron chi connectivity index (χ0n) is 14.8. The molecule has 4 heteroatoms. The van der Waals surface area contributed by atoms with Gasteiger partial charge in [-0.3, -0.25) is 0 Å². The first-order chi connectivity index (χ1) is 12.4. The molecule has 1 heterocycles. The fraction of sp³-hybridized carbons (Fsp3) is 0.136. The Labute approximate surface area is 167 Å². The molecule has 0 aliphatic rings. The summed E-state index contributed by atoms with van der Waals surface area (Å²) in [6.07, 6.45) is 1.95. The number of hydrogen-bond acceptors (Lipinski definition) is 1. The van der Waals surface area contributed by atoms with Crippen molar-refractivity contribution >= 4 is 39.2 Å². The first-order valence-corrected chi connectivity index (χ1v) is 9.41. The van der Waals surface area contributed by atoms with Crippen molar-refractivity contribution < 1.29 is 0 Å². The Kier molecular flexibility index (Phi) is 5.36. The average Bonchev–Trinajstić information content (AvgIpc) is 2.90. The van der Waals surface area contributed by atoms with Crippen LogP contribution in [-0.2, 0) is 0 Å². The predicted molar refractivity (Wildman–Crippen MR) is 113 cm³/mol. The van der Waals surface area contributed by atoms with Crippen LogP contribution < -0.4 is 0 Å². The zero-order chi connectivity index (χ0) is 18.8. The summed E-state index contributed by atoms with van der Waals surface area (Å²) in [6, 6.07) is 18.3. The van der Waals surface area contributed by atoms with E-state index in [1.165, 1.54) is 5.56 Å². The van der Waals surface area contributed by atoms with Crippen LogP contribution in [0.3, 0.4) is 0 Å². The van der Waals surface area contributed by atoms with Gasteiger partial charge in [0.25, 0.3) is 0 Å². The minimum atomic E-state index is 0.652. The van der Waals surface area contributed by atoms with Crippen LogP contribution in [0.15, 0.2) is 53.0 Å². The van der Waals surface area contributed by atoms with Crippen molar-refractivity contribution in [3.05, 3.63) is 86.1 Å². The number of nitriles is 1. The van der Waals surface area contributed by atoms with E-state index in [-0.39, 0.29) is 0 Å². The van der Waals surface area contributed by atoms with E-state index in [9.17, 15) is 5.26 Å². The molecule has 0 aliphatic heterocycles. The maximum atomic E-state index is 9.61. The van der Waals surface area contributed by atoms with Crippen molar-refractivity contribution in [3.8, 4) is 11.8 Å². The zero-order valence-corrected chi connectivity index (χ0v) is 17.2. The van der Waals surface area contributed by atoms with Gasteiger partial charge in [-0.05, 0) is 78.2 Å². The largest absolute Gasteiger partial charge is 0.318 e. The lowest BCUT2D eigenvalue weighted by Gasteiger charge is -2.11. The monoisotopic (exact) mass is 424 g/mol. The van der Waals surface area contributed by atoms with E-state index in [0.29, 0.717) is 10.6 Å². The number of allylic oxidation sites excluding steroid dienone is 1. The van der Waals surface area contributed by atoms with Crippen molar-refractivity contribution in [1.29, 1.82) is 5.26 Å². The lowest BCUT2D eigenvalue weighted by Crippen LogP contribution is -1.99. The first kappa shape index (κ1) is 18.5. The average molecular weight is 426 g/mol. The fourth-order valence-electron chi connectivity index (χ4n) is 3.02. The molecule has 0 aliphatic carbocycles. The van der Waals surface area contributed by atoms with E-state index < -0.39 is 0 Å². The van der Waals surface area contributed by atoms with Crippen LogP contribution in [0.1, 0.15) is 28.1 Å².